The first kappa shape index (κ1) is 17.7. The SMILES string of the molecule is CCCc1c(O)n2c3c(=O)n(C)c(=O)n(C)c3nc2n(-c2cccnc2)c1=O. The molecule has 1 N–H and O–H groups in total. The van der Waals surface area contributed by atoms with E-state index in [2.05, 4.69) is 9.97 Å². The first-order valence-corrected chi connectivity index (χ1v) is 8.73. The number of aryl methyl sites for hydroxylation is 1. The Morgan fingerprint density at radius 1 is 1.11 bits per heavy atom. The molecule has 0 saturated heterocycles. The van der Waals surface area contributed by atoms with Crippen molar-refractivity contribution in [3.05, 3.63) is 61.3 Å². The van der Waals surface area contributed by atoms with Gasteiger partial charge in [-0.15, -0.1) is 0 Å². The van der Waals surface area contributed by atoms with Gasteiger partial charge in [-0.1, -0.05) is 13.3 Å². The molecule has 144 valence electrons. The van der Waals surface area contributed by atoms with Gasteiger partial charge in [0.05, 0.1) is 17.4 Å². The summed E-state index contributed by atoms with van der Waals surface area (Å²) in [6, 6.07) is 3.35. The van der Waals surface area contributed by atoms with Crippen molar-refractivity contribution in [1.82, 2.24) is 28.1 Å². The Labute approximate surface area is 157 Å². The van der Waals surface area contributed by atoms with Gasteiger partial charge in [0.25, 0.3) is 11.1 Å². The fourth-order valence-corrected chi connectivity index (χ4v) is 3.38. The van der Waals surface area contributed by atoms with Crippen LogP contribution in [0.2, 0.25) is 0 Å². The average molecular weight is 382 g/mol. The van der Waals surface area contributed by atoms with Gasteiger partial charge < -0.3 is 5.11 Å². The maximum Gasteiger partial charge on any atom is 0.332 e. The number of hydrogen-bond acceptors (Lipinski definition) is 6. The second kappa shape index (κ2) is 6.19. The van der Waals surface area contributed by atoms with Crippen LogP contribution in [0.5, 0.6) is 5.88 Å². The lowest BCUT2D eigenvalue weighted by molar-refractivity contribution is 0.435. The van der Waals surface area contributed by atoms with E-state index in [1.807, 2.05) is 6.92 Å². The number of pyridine rings is 1. The zero-order valence-corrected chi connectivity index (χ0v) is 15.6. The molecule has 0 radical (unpaired) electrons. The lowest BCUT2D eigenvalue weighted by Crippen LogP contribution is -2.37. The van der Waals surface area contributed by atoms with E-state index in [0.29, 0.717) is 18.5 Å². The molecule has 4 aromatic rings. The van der Waals surface area contributed by atoms with Crippen LogP contribution in [-0.2, 0) is 20.5 Å². The largest absolute Gasteiger partial charge is 0.494 e. The molecule has 0 aliphatic carbocycles. The molecule has 0 aliphatic heterocycles. The van der Waals surface area contributed by atoms with Gasteiger partial charge in [0.1, 0.15) is 0 Å². The summed E-state index contributed by atoms with van der Waals surface area (Å²) in [4.78, 5) is 46.7. The fraction of sp³-hybridized carbons (Fsp3) is 0.278. The molecule has 0 amide bonds. The van der Waals surface area contributed by atoms with E-state index in [9.17, 15) is 19.5 Å². The molecule has 10 nitrogen and oxygen atoms in total. The van der Waals surface area contributed by atoms with Crippen molar-refractivity contribution in [3.63, 3.8) is 0 Å². The quantitative estimate of drug-likeness (QED) is 0.537. The van der Waals surface area contributed by atoms with Crippen LogP contribution < -0.4 is 16.8 Å². The molecule has 4 heterocycles. The van der Waals surface area contributed by atoms with E-state index < -0.39 is 16.8 Å². The summed E-state index contributed by atoms with van der Waals surface area (Å²) >= 11 is 0. The molecular formula is C18H18N6O4. The first-order chi connectivity index (χ1) is 13.4. The molecule has 10 heteroatoms. The number of nitrogens with zero attached hydrogens (tertiary/aromatic N) is 6. The van der Waals surface area contributed by atoms with Crippen LogP contribution in [0.1, 0.15) is 18.9 Å². The monoisotopic (exact) mass is 382 g/mol. The molecule has 4 rings (SSSR count). The highest BCUT2D eigenvalue weighted by molar-refractivity contribution is 5.77. The molecule has 0 saturated carbocycles. The van der Waals surface area contributed by atoms with E-state index >= 15 is 0 Å². The third kappa shape index (κ3) is 2.24. The molecular weight excluding hydrogens is 364 g/mol. The van der Waals surface area contributed by atoms with Crippen LogP contribution in [0, 0.1) is 0 Å². The molecule has 0 aliphatic rings. The van der Waals surface area contributed by atoms with Crippen molar-refractivity contribution >= 4 is 16.9 Å². The Morgan fingerprint density at radius 3 is 2.50 bits per heavy atom. The van der Waals surface area contributed by atoms with Crippen molar-refractivity contribution < 1.29 is 5.11 Å². The second-order valence-electron chi connectivity index (χ2n) is 6.53. The smallest absolute Gasteiger partial charge is 0.332 e. The van der Waals surface area contributed by atoms with Gasteiger partial charge in [0.2, 0.25) is 11.7 Å². The number of rotatable bonds is 3. The molecule has 28 heavy (non-hydrogen) atoms. The molecule has 0 unspecified atom stereocenters. The number of imidazole rings is 1. The lowest BCUT2D eigenvalue weighted by Gasteiger charge is -2.12. The van der Waals surface area contributed by atoms with Gasteiger partial charge in [-0.2, -0.15) is 4.98 Å². The lowest BCUT2D eigenvalue weighted by atomic mass is 10.2. The van der Waals surface area contributed by atoms with Crippen LogP contribution in [0.25, 0.3) is 22.6 Å². The molecule has 4 aromatic heterocycles. The Hall–Kier alpha value is -3.69. The highest BCUT2D eigenvalue weighted by Gasteiger charge is 2.24. The van der Waals surface area contributed by atoms with Gasteiger partial charge in [-0.3, -0.25) is 23.7 Å². The Bertz CT molecular complexity index is 1410. The van der Waals surface area contributed by atoms with Gasteiger partial charge in [-0.25, -0.2) is 13.8 Å². The minimum Gasteiger partial charge on any atom is -0.494 e. The summed E-state index contributed by atoms with van der Waals surface area (Å²) in [5, 5.41) is 10.9. The number of fused-ring (bicyclic) bond motifs is 3. The van der Waals surface area contributed by atoms with Gasteiger partial charge in [0, 0.05) is 20.3 Å². The zero-order chi connectivity index (χ0) is 20.2. The van der Waals surface area contributed by atoms with Crippen LogP contribution >= 0.6 is 0 Å². The molecule has 0 bridgehead atoms. The van der Waals surface area contributed by atoms with Gasteiger partial charge in [0.15, 0.2) is 11.2 Å². The predicted molar refractivity (Wildman–Crippen MR) is 102 cm³/mol. The first-order valence-electron chi connectivity index (χ1n) is 8.73. The van der Waals surface area contributed by atoms with Crippen LogP contribution in [-0.4, -0.2) is 33.2 Å². The summed E-state index contributed by atoms with van der Waals surface area (Å²) < 4.78 is 4.67. The van der Waals surface area contributed by atoms with Crippen LogP contribution in [0.3, 0.4) is 0 Å². The fourth-order valence-electron chi connectivity index (χ4n) is 3.38. The normalized spacial score (nSPS) is 11.5. The van der Waals surface area contributed by atoms with E-state index in [1.54, 1.807) is 18.3 Å². The summed E-state index contributed by atoms with van der Waals surface area (Å²) in [7, 11) is 2.83. The van der Waals surface area contributed by atoms with E-state index in [-0.39, 0.29) is 28.4 Å². The second-order valence-corrected chi connectivity index (χ2v) is 6.53. The van der Waals surface area contributed by atoms with Crippen molar-refractivity contribution in [2.24, 2.45) is 14.1 Å². The van der Waals surface area contributed by atoms with Gasteiger partial charge in [-0.05, 0) is 18.6 Å². The summed E-state index contributed by atoms with van der Waals surface area (Å²) in [6.45, 7) is 1.88. The topological polar surface area (TPSA) is 116 Å². The molecule has 0 atom stereocenters. The zero-order valence-electron chi connectivity index (χ0n) is 15.6. The summed E-state index contributed by atoms with van der Waals surface area (Å²) in [5.74, 6) is -0.316. The van der Waals surface area contributed by atoms with E-state index in [0.717, 1.165) is 4.57 Å². The maximum absolute atomic E-state index is 13.1. The Kier molecular flexibility index (Phi) is 3.91. The third-order valence-corrected chi connectivity index (χ3v) is 4.79. The minimum atomic E-state index is -0.611. The highest BCUT2D eigenvalue weighted by Crippen LogP contribution is 2.23. The minimum absolute atomic E-state index is 0.0205. The highest BCUT2D eigenvalue weighted by atomic mass is 16.3. The average Bonchev–Trinajstić information content (AvgIpc) is 3.09. The summed E-state index contributed by atoms with van der Waals surface area (Å²) in [5.41, 5.74) is -0.914. The standard InChI is InChI=1S/C18H18N6O4/c1-4-6-11-14(25)23(10-7-5-8-19-9-10)17-20-13-12(24(17)15(11)26)16(27)22(3)18(28)21(13)2/h5,7-9,26H,4,6H2,1-3H3. The van der Waals surface area contributed by atoms with Crippen molar-refractivity contribution in [1.29, 1.82) is 0 Å². The molecule has 0 aromatic carbocycles. The number of aromatic hydroxyl groups is 1. The van der Waals surface area contributed by atoms with Gasteiger partial charge >= 0.3 is 5.69 Å². The van der Waals surface area contributed by atoms with Crippen molar-refractivity contribution in [2.75, 3.05) is 0 Å². The van der Waals surface area contributed by atoms with Crippen LogP contribution in [0.4, 0.5) is 0 Å². The Balaban J connectivity index is 2.36. The maximum atomic E-state index is 13.1. The Morgan fingerprint density at radius 2 is 1.86 bits per heavy atom. The molecule has 0 spiro atoms. The van der Waals surface area contributed by atoms with E-state index in [4.69, 9.17) is 0 Å². The third-order valence-electron chi connectivity index (χ3n) is 4.79. The number of hydrogen-bond donors (Lipinski definition) is 1. The van der Waals surface area contributed by atoms with Crippen molar-refractivity contribution in [2.45, 2.75) is 19.8 Å². The van der Waals surface area contributed by atoms with E-state index in [1.165, 1.54) is 33.8 Å². The summed E-state index contributed by atoms with van der Waals surface area (Å²) in [6.07, 6.45) is 3.99. The molecule has 0 fully saturated rings. The van der Waals surface area contributed by atoms with Crippen LogP contribution in [0.15, 0.2) is 38.9 Å². The number of aromatic nitrogens is 6. The predicted octanol–water partition coefficient (Wildman–Crippen LogP) is 0.0889. The van der Waals surface area contributed by atoms with Crippen molar-refractivity contribution in [3.8, 4) is 11.6 Å².